The van der Waals surface area contributed by atoms with Crippen molar-refractivity contribution < 1.29 is 4.74 Å². The Morgan fingerprint density at radius 2 is 2.05 bits per heavy atom. The van der Waals surface area contributed by atoms with E-state index in [1.165, 1.54) is 9.36 Å². The number of benzene rings is 1. The largest absolute Gasteiger partial charge is 0.373 e. The van der Waals surface area contributed by atoms with E-state index >= 15 is 0 Å². The van der Waals surface area contributed by atoms with Gasteiger partial charge in [-0.05, 0) is 42.3 Å². The molecule has 2 unspecified atom stereocenters. The maximum Gasteiger partial charge on any atom is 0.368 e. The highest BCUT2D eigenvalue weighted by Gasteiger charge is 2.23. The summed E-state index contributed by atoms with van der Waals surface area (Å²) in [5.74, 6) is 0. The predicted octanol–water partition coefficient (Wildman–Crippen LogP) is 0.996. The Bertz CT molecular complexity index is 605. The summed E-state index contributed by atoms with van der Waals surface area (Å²) >= 11 is 0. The lowest BCUT2D eigenvalue weighted by Gasteiger charge is -2.09. The van der Waals surface area contributed by atoms with E-state index in [4.69, 9.17) is 4.74 Å². The highest BCUT2D eigenvalue weighted by Crippen LogP contribution is 2.19. The van der Waals surface area contributed by atoms with Gasteiger partial charge in [-0.2, -0.15) is 9.36 Å². The molecule has 1 aliphatic rings. The van der Waals surface area contributed by atoms with Crippen molar-refractivity contribution in [2.75, 3.05) is 0 Å². The average Bonchev–Trinajstić information content (AvgIpc) is 2.99. The fraction of sp³-hybridized carbons (Fsp3) is 0.462. The quantitative estimate of drug-likeness (QED) is 0.826. The molecular formula is C13H16N4O2. The normalized spacial score (nSPS) is 22.8. The number of hydrogen-bond acceptors (Lipinski definition) is 4. The smallest absolute Gasteiger partial charge is 0.368 e. The summed E-state index contributed by atoms with van der Waals surface area (Å²) in [4.78, 5) is 12.2. The molecule has 2 atom stereocenters. The third-order valence-electron chi connectivity index (χ3n) is 3.34. The maximum atomic E-state index is 12.2. The van der Waals surface area contributed by atoms with Crippen LogP contribution in [0.4, 0.5) is 0 Å². The second-order valence-corrected chi connectivity index (χ2v) is 4.84. The molecule has 1 aromatic carbocycles. The molecule has 19 heavy (non-hydrogen) atoms. The second-order valence-electron chi connectivity index (χ2n) is 4.84. The predicted molar refractivity (Wildman–Crippen MR) is 69.2 cm³/mol. The summed E-state index contributed by atoms with van der Waals surface area (Å²) in [6, 6.07) is 9.28. The number of tetrazole rings is 1. The molecular weight excluding hydrogens is 244 g/mol. The fourth-order valence-corrected chi connectivity index (χ4v) is 2.33. The Hall–Kier alpha value is -1.95. The van der Waals surface area contributed by atoms with E-state index in [2.05, 4.69) is 10.4 Å². The van der Waals surface area contributed by atoms with Gasteiger partial charge in [0.15, 0.2) is 0 Å². The van der Waals surface area contributed by atoms with E-state index in [-0.39, 0.29) is 17.9 Å². The summed E-state index contributed by atoms with van der Waals surface area (Å²) in [5, 5.41) is 7.83. The van der Waals surface area contributed by atoms with Gasteiger partial charge in [-0.25, -0.2) is 4.79 Å². The molecule has 0 N–H and O–H groups in total. The van der Waals surface area contributed by atoms with E-state index in [9.17, 15) is 4.79 Å². The van der Waals surface area contributed by atoms with E-state index in [1.54, 1.807) is 0 Å². The zero-order chi connectivity index (χ0) is 13.2. The van der Waals surface area contributed by atoms with Gasteiger partial charge in [0.25, 0.3) is 0 Å². The van der Waals surface area contributed by atoms with Gasteiger partial charge in [0.2, 0.25) is 0 Å². The molecule has 0 aliphatic carbocycles. The first-order valence-electron chi connectivity index (χ1n) is 6.48. The van der Waals surface area contributed by atoms with Crippen molar-refractivity contribution in [2.24, 2.45) is 0 Å². The molecule has 0 radical (unpaired) electrons. The third kappa shape index (κ3) is 2.44. The number of aromatic nitrogens is 4. The van der Waals surface area contributed by atoms with Crippen LogP contribution in [-0.2, 0) is 11.3 Å². The maximum absolute atomic E-state index is 12.2. The summed E-state index contributed by atoms with van der Waals surface area (Å²) in [7, 11) is 0. The third-order valence-corrected chi connectivity index (χ3v) is 3.34. The van der Waals surface area contributed by atoms with Gasteiger partial charge in [-0.15, -0.1) is 0 Å². The lowest BCUT2D eigenvalue weighted by Crippen LogP contribution is -2.29. The minimum Gasteiger partial charge on any atom is -0.373 e. The van der Waals surface area contributed by atoms with Crippen LogP contribution in [0.25, 0.3) is 5.69 Å². The van der Waals surface area contributed by atoms with Gasteiger partial charge >= 0.3 is 5.69 Å². The second kappa shape index (κ2) is 4.97. The van der Waals surface area contributed by atoms with E-state index in [1.807, 2.05) is 37.3 Å². The number of hydrogen-bond donors (Lipinski definition) is 0. The van der Waals surface area contributed by atoms with Crippen LogP contribution in [0.1, 0.15) is 19.8 Å². The summed E-state index contributed by atoms with van der Waals surface area (Å²) in [5.41, 5.74) is 0.494. The fourth-order valence-electron chi connectivity index (χ4n) is 2.33. The molecule has 6 heteroatoms. The highest BCUT2D eigenvalue weighted by atomic mass is 16.5. The first-order chi connectivity index (χ1) is 9.24. The van der Waals surface area contributed by atoms with Gasteiger partial charge in [0, 0.05) is 0 Å². The van der Waals surface area contributed by atoms with Crippen molar-refractivity contribution in [1.29, 1.82) is 0 Å². The van der Waals surface area contributed by atoms with Gasteiger partial charge < -0.3 is 4.74 Å². The lowest BCUT2D eigenvalue weighted by atomic mass is 10.2. The lowest BCUT2D eigenvalue weighted by molar-refractivity contribution is 0.0427. The SMILES string of the molecule is CC1CCC(Cn2nnn(-c3ccccc3)c2=O)O1. The summed E-state index contributed by atoms with van der Waals surface area (Å²) in [6.07, 6.45) is 2.33. The van der Waals surface area contributed by atoms with Crippen LogP contribution in [-0.4, -0.2) is 32.0 Å². The van der Waals surface area contributed by atoms with Crippen LogP contribution < -0.4 is 5.69 Å². The minimum atomic E-state index is -0.227. The molecule has 100 valence electrons. The van der Waals surface area contributed by atoms with Crippen LogP contribution in [0.3, 0.4) is 0 Å². The molecule has 1 aliphatic heterocycles. The van der Waals surface area contributed by atoms with Crippen LogP contribution >= 0.6 is 0 Å². The molecule has 0 saturated carbocycles. The summed E-state index contributed by atoms with van der Waals surface area (Å²) < 4.78 is 8.37. The Morgan fingerprint density at radius 1 is 1.26 bits per heavy atom. The van der Waals surface area contributed by atoms with E-state index in [0.29, 0.717) is 6.54 Å². The Labute approximate surface area is 110 Å². The van der Waals surface area contributed by atoms with E-state index < -0.39 is 0 Å². The molecule has 1 aromatic heterocycles. The van der Waals surface area contributed by atoms with Gasteiger partial charge in [0.1, 0.15) is 0 Å². The first-order valence-corrected chi connectivity index (χ1v) is 6.48. The van der Waals surface area contributed by atoms with Gasteiger partial charge in [-0.3, -0.25) is 0 Å². The molecule has 6 nitrogen and oxygen atoms in total. The van der Waals surface area contributed by atoms with Crippen molar-refractivity contribution in [2.45, 2.75) is 38.5 Å². The summed E-state index contributed by atoms with van der Waals surface area (Å²) in [6.45, 7) is 2.51. The number of rotatable bonds is 3. The molecule has 0 amide bonds. The zero-order valence-corrected chi connectivity index (χ0v) is 10.8. The van der Waals surface area contributed by atoms with E-state index in [0.717, 1.165) is 18.5 Å². The van der Waals surface area contributed by atoms with Crippen molar-refractivity contribution in [3.05, 3.63) is 40.8 Å². The Balaban J connectivity index is 1.82. The van der Waals surface area contributed by atoms with Crippen LogP contribution in [0, 0.1) is 0 Å². The minimum absolute atomic E-state index is 0.0635. The van der Waals surface area contributed by atoms with Crippen molar-refractivity contribution in [1.82, 2.24) is 19.8 Å². The monoisotopic (exact) mass is 260 g/mol. The molecule has 1 fully saturated rings. The molecule has 2 aromatic rings. The highest BCUT2D eigenvalue weighted by molar-refractivity contribution is 5.28. The average molecular weight is 260 g/mol. The van der Waals surface area contributed by atoms with Crippen molar-refractivity contribution in [3.63, 3.8) is 0 Å². The topological polar surface area (TPSA) is 61.9 Å². The molecule has 0 bridgehead atoms. The standard InChI is InChI=1S/C13H16N4O2/c1-10-7-8-12(19-10)9-16-13(18)17(15-14-16)11-5-3-2-4-6-11/h2-6,10,12H,7-9H2,1H3. The number of nitrogens with zero attached hydrogens (tertiary/aromatic N) is 4. The van der Waals surface area contributed by atoms with Crippen LogP contribution in [0.2, 0.25) is 0 Å². The molecule has 3 rings (SSSR count). The molecule has 0 spiro atoms. The van der Waals surface area contributed by atoms with Crippen molar-refractivity contribution in [3.8, 4) is 5.69 Å². The zero-order valence-electron chi connectivity index (χ0n) is 10.8. The van der Waals surface area contributed by atoms with Crippen LogP contribution in [0.5, 0.6) is 0 Å². The van der Waals surface area contributed by atoms with Gasteiger partial charge in [-0.1, -0.05) is 18.2 Å². The number of para-hydroxylation sites is 1. The number of ether oxygens (including phenoxy) is 1. The van der Waals surface area contributed by atoms with Gasteiger partial charge in [0.05, 0.1) is 24.4 Å². The molecule has 2 heterocycles. The first kappa shape index (κ1) is 12.1. The van der Waals surface area contributed by atoms with Crippen molar-refractivity contribution >= 4 is 0 Å². The Morgan fingerprint density at radius 3 is 2.74 bits per heavy atom. The molecule has 1 saturated heterocycles. The van der Waals surface area contributed by atoms with Crippen LogP contribution in [0.15, 0.2) is 35.1 Å². The Kier molecular flexibility index (Phi) is 3.16.